The first-order valence-corrected chi connectivity index (χ1v) is 8.41. The van der Waals surface area contributed by atoms with Crippen molar-refractivity contribution < 1.29 is 8.95 Å². The molecule has 104 valence electrons. The summed E-state index contributed by atoms with van der Waals surface area (Å²) < 4.78 is 18.6. The van der Waals surface area contributed by atoms with Crippen LogP contribution >= 0.6 is 0 Å². The quantitative estimate of drug-likeness (QED) is 0.866. The zero-order valence-corrected chi connectivity index (χ0v) is 12.0. The fourth-order valence-electron chi connectivity index (χ4n) is 3.35. The standard InChI is InChI=1S/C15H21NO2S/c16-13-5-1-2-6-14(13)19(17)11-12-7-10-15(18-12)8-3-4-9-15/h1-2,5-6,12H,3-4,7-11,16H2. The van der Waals surface area contributed by atoms with E-state index < -0.39 is 10.8 Å². The van der Waals surface area contributed by atoms with Gasteiger partial charge in [0.25, 0.3) is 0 Å². The van der Waals surface area contributed by atoms with Gasteiger partial charge in [-0.25, -0.2) is 0 Å². The van der Waals surface area contributed by atoms with Gasteiger partial charge in [0.1, 0.15) is 0 Å². The third kappa shape index (κ3) is 2.70. The van der Waals surface area contributed by atoms with E-state index in [1.807, 2.05) is 18.2 Å². The zero-order valence-electron chi connectivity index (χ0n) is 11.1. The minimum Gasteiger partial charge on any atom is -0.398 e. The average Bonchev–Trinajstić information content (AvgIpc) is 3.01. The Balaban J connectivity index is 1.63. The summed E-state index contributed by atoms with van der Waals surface area (Å²) in [7, 11) is -1.05. The molecular formula is C15H21NO2S. The third-order valence-corrected chi connectivity index (χ3v) is 5.89. The molecule has 1 saturated heterocycles. The Kier molecular flexibility index (Phi) is 3.63. The maximum Gasteiger partial charge on any atom is 0.0702 e. The molecular weight excluding hydrogens is 258 g/mol. The fraction of sp³-hybridized carbons (Fsp3) is 0.600. The van der Waals surface area contributed by atoms with Crippen LogP contribution in [0.3, 0.4) is 0 Å². The maximum absolute atomic E-state index is 12.4. The van der Waals surface area contributed by atoms with Crippen molar-refractivity contribution in [3.8, 4) is 0 Å². The molecule has 19 heavy (non-hydrogen) atoms. The first-order chi connectivity index (χ1) is 9.19. The van der Waals surface area contributed by atoms with Crippen LogP contribution in [0.25, 0.3) is 0 Å². The second-order valence-corrected chi connectivity index (χ2v) is 7.18. The first kappa shape index (κ1) is 13.1. The van der Waals surface area contributed by atoms with Gasteiger partial charge in [0.15, 0.2) is 0 Å². The molecule has 2 aliphatic rings. The number of hydrogen-bond acceptors (Lipinski definition) is 3. The molecule has 1 aromatic carbocycles. The average molecular weight is 279 g/mol. The Morgan fingerprint density at radius 3 is 2.74 bits per heavy atom. The Labute approximate surface area is 117 Å². The van der Waals surface area contributed by atoms with Crippen LogP contribution in [0.1, 0.15) is 38.5 Å². The van der Waals surface area contributed by atoms with E-state index in [0.29, 0.717) is 11.4 Å². The highest BCUT2D eigenvalue weighted by Crippen LogP contribution is 2.43. The lowest BCUT2D eigenvalue weighted by Crippen LogP contribution is -2.27. The Hall–Kier alpha value is -0.870. The van der Waals surface area contributed by atoms with Crippen molar-refractivity contribution in [2.45, 2.75) is 55.1 Å². The van der Waals surface area contributed by atoms with E-state index in [0.717, 1.165) is 17.7 Å². The summed E-state index contributed by atoms with van der Waals surface area (Å²) in [4.78, 5) is 0.749. The molecule has 2 N–H and O–H groups in total. The molecule has 0 aromatic heterocycles. The van der Waals surface area contributed by atoms with E-state index in [9.17, 15) is 4.21 Å². The van der Waals surface area contributed by atoms with Gasteiger partial charge in [0.05, 0.1) is 33.2 Å². The molecule has 0 radical (unpaired) electrons. The van der Waals surface area contributed by atoms with Crippen LogP contribution < -0.4 is 5.73 Å². The lowest BCUT2D eigenvalue weighted by atomic mass is 9.98. The smallest absolute Gasteiger partial charge is 0.0702 e. The van der Waals surface area contributed by atoms with Crippen LogP contribution in [0.15, 0.2) is 29.2 Å². The Morgan fingerprint density at radius 2 is 2.00 bits per heavy atom. The summed E-state index contributed by atoms with van der Waals surface area (Å²) >= 11 is 0. The van der Waals surface area contributed by atoms with Crippen LogP contribution in [0.2, 0.25) is 0 Å². The predicted molar refractivity (Wildman–Crippen MR) is 77.4 cm³/mol. The largest absolute Gasteiger partial charge is 0.398 e. The van der Waals surface area contributed by atoms with Gasteiger partial charge in [-0.1, -0.05) is 25.0 Å². The van der Waals surface area contributed by atoms with Gasteiger partial charge in [0.2, 0.25) is 0 Å². The molecule has 1 spiro atoms. The highest BCUT2D eigenvalue weighted by atomic mass is 32.2. The molecule has 3 nitrogen and oxygen atoms in total. The van der Waals surface area contributed by atoms with E-state index in [4.69, 9.17) is 10.5 Å². The number of nitrogens with two attached hydrogens (primary N) is 1. The second-order valence-electron chi connectivity index (χ2n) is 5.72. The molecule has 1 heterocycles. The highest BCUT2D eigenvalue weighted by Gasteiger charge is 2.42. The van der Waals surface area contributed by atoms with Crippen molar-refractivity contribution in [1.29, 1.82) is 0 Å². The molecule has 1 saturated carbocycles. The van der Waals surface area contributed by atoms with Gasteiger partial charge >= 0.3 is 0 Å². The van der Waals surface area contributed by atoms with E-state index in [-0.39, 0.29) is 11.7 Å². The van der Waals surface area contributed by atoms with Crippen LogP contribution in [-0.2, 0) is 15.5 Å². The van der Waals surface area contributed by atoms with Crippen molar-refractivity contribution >= 4 is 16.5 Å². The van der Waals surface area contributed by atoms with Gasteiger partial charge < -0.3 is 10.5 Å². The van der Waals surface area contributed by atoms with Crippen molar-refractivity contribution in [3.05, 3.63) is 24.3 Å². The van der Waals surface area contributed by atoms with Crippen molar-refractivity contribution in [2.24, 2.45) is 0 Å². The van der Waals surface area contributed by atoms with Gasteiger partial charge in [-0.05, 0) is 37.8 Å². The molecule has 3 rings (SSSR count). The number of rotatable bonds is 3. The molecule has 0 bridgehead atoms. The fourth-order valence-corrected chi connectivity index (χ4v) is 4.66. The maximum atomic E-state index is 12.4. The molecule has 0 amide bonds. The van der Waals surface area contributed by atoms with Crippen LogP contribution in [0.5, 0.6) is 0 Å². The van der Waals surface area contributed by atoms with Crippen molar-refractivity contribution in [1.82, 2.24) is 0 Å². The highest BCUT2D eigenvalue weighted by molar-refractivity contribution is 7.85. The van der Waals surface area contributed by atoms with Crippen molar-refractivity contribution in [2.75, 3.05) is 11.5 Å². The summed E-state index contributed by atoms with van der Waals surface area (Å²) in [5, 5.41) is 0. The number of hydrogen-bond donors (Lipinski definition) is 1. The summed E-state index contributed by atoms with van der Waals surface area (Å²) in [6.07, 6.45) is 7.24. The molecule has 2 unspecified atom stereocenters. The molecule has 1 aliphatic heterocycles. The van der Waals surface area contributed by atoms with Gasteiger partial charge in [-0.15, -0.1) is 0 Å². The zero-order chi connectivity index (χ0) is 13.3. The summed E-state index contributed by atoms with van der Waals surface area (Å²) in [6, 6.07) is 7.42. The second kappa shape index (κ2) is 5.25. The molecule has 1 aromatic rings. The number of nitrogen functional groups attached to an aromatic ring is 1. The van der Waals surface area contributed by atoms with E-state index in [1.165, 1.54) is 25.7 Å². The molecule has 2 atom stereocenters. The Morgan fingerprint density at radius 1 is 1.26 bits per heavy atom. The molecule has 2 fully saturated rings. The number of ether oxygens (including phenoxy) is 1. The molecule has 4 heteroatoms. The number of anilines is 1. The summed E-state index contributed by atoms with van der Waals surface area (Å²) in [6.45, 7) is 0. The minimum atomic E-state index is -1.05. The van der Waals surface area contributed by atoms with E-state index >= 15 is 0 Å². The number of benzene rings is 1. The van der Waals surface area contributed by atoms with Gasteiger partial charge in [-0.2, -0.15) is 0 Å². The summed E-state index contributed by atoms with van der Waals surface area (Å²) in [5.41, 5.74) is 6.62. The SMILES string of the molecule is Nc1ccccc1S(=O)CC1CCC2(CCCC2)O1. The van der Waals surface area contributed by atoms with Crippen molar-refractivity contribution in [3.63, 3.8) is 0 Å². The monoisotopic (exact) mass is 279 g/mol. The lowest BCUT2D eigenvalue weighted by Gasteiger charge is -2.23. The number of para-hydroxylation sites is 1. The van der Waals surface area contributed by atoms with E-state index in [1.54, 1.807) is 6.07 Å². The predicted octanol–water partition coefficient (Wildman–Crippen LogP) is 2.87. The normalized spacial score (nSPS) is 26.8. The third-order valence-electron chi connectivity index (χ3n) is 4.35. The lowest BCUT2D eigenvalue weighted by molar-refractivity contribution is -0.0270. The Bertz CT molecular complexity index is 483. The van der Waals surface area contributed by atoms with Crippen LogP contribution in [0, 0.1) is 0 Å². The molecule has 1 aliphatic carbocycles. The first-order valence-electron chi connectivity index (χ1n) is 7.09. The van der Waals surface area contributed by atoms with Gasteiger partial charge in [-0.3, -0.25) is 4.21 Å². The van der Waals surface area contributed by atoms with Gasteiger partial charge in [0, 0.05) is 5.69 Å². The van der Waals surface area contributed by atoms with E-state index in [2.05, 4.69) is 0 Å². The topological polar surface area (TPSA) is 52.3 Å². The summed E-state index contributed by atoms with van der Waals surface area (Å²) in [5.74, 6) is 0.579. The van der Waals surface area contributed by atoms with Crippen LogP contribution in [0.4, 0.5) is 5.69 Å². The minimum absolute atomic E-state index is 0.122. The van der Waals surface area contributed by atoms with Crippen LogP contribution in [-0.4, -0.2) is 21.7 Å².